The van der Waals surface area contributed by atoms with E-state index in [9.17, 15) is 5.21 Å². The zero-order chi connectivity index (χ0) is 11.8. The molecule has 1 heterocycles. The van der Waals surface area contributed by atoms with Crippen LogP contribution in [0, 0.1) is 12.1 Å². The summed E-state index contributed by atoms with van der Waals surface area (Å²) in [6.07, 6.45) is 3.66. The van der Waals surface area contributed by atoms with E-state index in [1.807, 2.05) is 6.07 Å². The number of hydrogen-bond donors (Lipinski definition) is 0. The summed E-state index contributed by atoms with van der Waals surface area (Å²) in [5, 5.41) is 11.9. The van der Waals surface area contributed by atoms with Crippen molar-refractivity contribution in [3.05, 3.63) is 70.2 Å². The van der Waals surface area contributed by atoms with Crippen LogP contribution < -0.4 is 4.73 Å². The highest BCUT2D eigenvalue weighted by Gasteiger charge is 2.31. The van der Waals surface area contributed by atoms with Crippen LogP contribution in [0.3, 0.4) is 0 Å². The molecule has 3 rings (SSSR count). The second-order valence-electron chi connectivity index (χ2n) is 4.75. The van der Waals surface area contributed by atoms with Gasteiger partial charge in [0.05, 0.1) is 5.92 Å². The summed E-state index contributed by atoms with van der Waals surface area (Å²) in [6.45, 7) is 2.08. The SMILES string of the molecule is Cc1ccc(C2CCc3ccc[n+]([O-])c32)cc1. The third-order valence-electron chi connectivity index (χ3n) is 3.60. The molecule has 0 radical (unpaired) electrons. The summed E-state index contributed by atoms with van der Waals surface area (Å²) in [7, 11) is 0. The first-order valence-electron chi connectivity index (χ1n) is 6.03. The van der Waals surface area contributed by atoms with Gasteiger partial charge in [0.2, 0.25) is 5.69 Å². The van der Waals surface area contributed by atoms with Crippen molar-refractivity contribution in [1.29, 1.82) is 0 Å². The Kier molecular flexibility index (Phi) is 2.36. The van der Waals surface area contributed by atoms with Crippen LogP contribution in [0.5, 0.6) is 0 Å². The molecule has 0 aliphatic heterocycles. The molecule has 1 unspecified atom stereocenters. The Labute approximate surface area is 101 Å². The molecule has 0 saturated heterocycles. The molecule has 1 aliphatic carbocycles. The summed E-state index contributed by atoms with van der Waals surface area (Å²) >= 11 is 0. The van der Waals surface area contributed by atoms with E-state index < -0.39 is 0 Å². The van der Waals surface area contributed by atoms with Gasteiger partial charge in [-0.15, -0.1) is 0 Å². The number of pyridine rings is 1. The Hall–Kier alpha value is -1.83. The maximum Gasteiger partial charge on any atom is 0.203 e. The van der Waals surface area contributed by atoms with E-state index >= 15 is 0 Å². The highest BCUT2D eigenvalue weighted by molar-refractivity contribution is 5.36. The van der Waals surface area contributed by atoms with Gasteiger partial charge in [-0.2, -0.15) is 4.73 Å². The molecular formula is C15H15NO. The normalized spacial score (nSPS) is 18.1. The minimum Gasteiger partial charge on any atom is -0.618 e. The van der Waals surface area contributed by atoms with Crippen LogP contribution >= 0.6 is 0 Å². The lowest BCUT2D eigenvalue weighted by Crippen LogP contribution is -2.32. The van der Waals surface area contributed by atoms with Crippen LogP contribution in [0.25, 0.3) is 0 Å². The molecule has 0 saturated carbocycles. The summed E-state index contributed by atoms with van der Waals surface area (Å²) in [5.74, 6) is 0.268. The van der Waals surface area contributed by atoms with Crippen LogP contribution in [-0.4, -0.2) is 0 Å². The van der Waals surface area contributed by atoms with Gasteiger partial charge in [-0.25, -0.2) is 0 Å². The molecule has 2 nitrogen and oxygen atoms in total. The first-order valence-corrected chi connectivity index (χ1v) is 6.03. The Morgan fingerprint density at radius 1 is 1.18 bits per heavy atom. The van der Waals surface area contributed by atoms with E-state index in [4.69, 9.17) is 0 Å². The number of aryl methyl sites for hydroxylation is 2. The fraction of sp³-hybridized carbons (Fsp3) is 0.267. The topological polar surface area (TPSA) is 26.9 Å². The van der Waals surface area contributed by atoms with E-state index in [-0.39, 0.29) is 5.92 Å². The van der Waals surface area contributed by atoms with Gasteiger partial charge in [-0.1, -0.05) is 29.8 Å². The number of fused-ring (bicyclic) bond motifs is 1. The van der Waals surface area contributed by atoms with E-state index in [0.29, 0.717) is 0 Å². The van der Waals surface area contributed by atoms with Crippen LogP contribution in [0.15, 0.2) is 42.6 Å². The molecule has 86 valence electrons. The molecule has 0 N–H and O–H groups in total. The Morgan fingerprint density at radius 3 is 2.71 bits per heavy atom. The summed E-state index contributed by atoms with van der Waals surface area (Å²) < 4.78 is 1.03. The minimum absolute atomic E-state index is 0.268. The molecule has 2 aromatic rings. The molecule has 1 aliphatic rings. The van der Waals surface area contributed by atoms with Crippen molar-refractivity contribution >= 4 is 0 Å². The number of aromatic nitrogens is 1. The van der Waals surface area contributed by atoms with Gasteiger partial charge in [-0.3, -0.25) is 0 Å². The monoisotopic (exact) mass is 225 g/mol. The number of nitrogens with zero attached hydrogens (tertiary/aromatic N) is 1. The average molecular weight is 225 g/mol. The average Bonchev–Trinajstić information content (AvgIpc) is 2.75. The first kappa shape index (κ1) is 10.3. The van der Waals surface area contributed by atoms with Gasteiger partial charge in [0.25, 0.3) is 0 Å². The third kappa shape index (κ3) is 1.70. The molecule has 1 aromatic carbocycles. The summed E-state index contributed by atoms with van der Waals surface area (Å²) in [5.41, 5.74) is 4.66. The summed E-state index contributed by atoms with van der Waals surface area (Å²) in [6, 6.07) is 12.4. The molecule has 1 aromatic heterocycles. The quantitative estimate of drug-likeness (QED) is 0.541. The Morgan fingerprint density at radius 2 is 1.94 bits per heavy atom. The van der Waals surface area contributed by atoms with E-state index in [1.54, 1.807) is 6.20 Å². The van der Waals surface area contributed by atoms with Crippen LogP contribution in [0.4, 0.5) is 0 Å². The lowest BCUT2D eigenvalue weighted by Gasteiger charge is -2.11. The van der Waals surface area contributed by atoms with Crippen molar-refractivity contribution in [3.63, 3.8) is 0 Å². The standard InChI is InChI=1S/C15H15NO/c1-11-4-6-12(7-5-11)14-9-8-13-3-2-10-16(17)15(13)14/h2-7,10,14H,8-9H2,1H3. The minimum atomic E-state index is 0.268. The smallest absolute Gasteiger partial charge is 0.203 e. The van der Waals surface area contributed by atoms with Gasteiger partial charge in [0, 0.05) is 11.6 Å². The maximum atomic E-state index is 11.9. The molecular weight excluding hydrogens is 210 g/mol. The van der Waals surface area contributed by atoms with Crippen molar-refractivity contribution in [2.24, 2.45) is 0 Å². The fourth-order valence-corrected chi connectivity index (χ4v) is 2.69. The highest BCUT2D eigenvalue weighted by Crippen LogP contribution is 2.35. The van der Waals surface area contributed by atoms with Crippen molar-refractivity contribution in [2.45, 2.75) is 25.7 Å². The zero-order valence-electron chi connectivity index (χ0n) is 9.89. The number of hydrogen-bond acceptors (Lipinski definition) is 1. The Balaban J connectivity index is 2.06. The van der Waals surface area contributed by atoms with E-state index in [1.165, 1.54) is 16.7 Å². The molecule has 0 spiro atoms. The van der Waals surface area contributed by atoms with Crippen LogP contribution in [0.1, 0.15) is 34.7 Å². The third-order valence-corrected chi connectivity index (χ3v) is 3.60. The lowest BCUT2D eigenvalue weighted by atomic mass is 9.96. The molecule has 17 heavy (non-hydrogen) atoms. The maximum absolute atomic E-state index is 11.9. The Bertz CT molecular complexity index is 545. The zero-order valence-corrected chi connectivity index (χ0v) is 9.89. The van der Waals surface area contributed by atoms with Crippen molar-refractivity contribution in [2.75, 3.05) is 0 Å². The highest BCUT2D eigenvalue weighted by atomic mass is 16.5. The largest absolute Gasteiger partial charge is 0.618 e. The van der Waals surface area contributed by atoms with Crippen molar-refractivity contribution < 1.29 is 4.73 Å². The van der Waals surface area contributed by atoms with E-state index in [0.717, 1.165) is 23.3 Å². The molecule has 0 amide bonds. The predicted molar refractivity (Wildman–Crippen MR) is 66.7 cm³/mol. The molecule has 0 bridgehead atoms. The van der Waals surface area contributed by atoms with Crippen molar-refractivity contribution in [3.8, 4) is 0 Å². The molecule has 1 atom stereocenters. The van der Waals surface area contributed by atoms with Gasteiger partial charge < -0.3 is 5.21 Å². The van der Waals surface area contributed by atoms with Gasteiger partial charge in [0.15, 0.2) is 6.20 Å². The second kappa shape index (κ2) is 3.88. The number of benzene rings is 1. The van der Waals surface area contributed by atoms with Gasteiger partial charge in [-0.05, 0) is 31.4 Å². The van der Waals surface area contributed by atoms with Crippen LogP contribution in [0.2, 0.25) is 0 Å². The predicted octanol–water partition coefficient (Wildman–Crippen LogP) is 2.71. The fourth-order valence-electron chi connectivity index (χ4n) is 2.69. The van der Waals surface area contributed by atoms with Crippen LogP contribution in [-0.2, 0) is 6.42 Å². The number of rotatable bonds is 1. The van der Waals surface area contributed by atoms with Crippen molar-refractivity contribution in [1.82, 2.24) is 0 Å². The summed E-state index contributed by atoms with van der Waals surface area (Å²) in [4.78, 5) is 0. The van der Waals surface area contributed by atoms with Gasteiger partial charge in [0.1, 0.15) is 0 Å². The second-order valence-corrected chi connectivity index (χ2v) is 4.75. The van der Waals surface area contributed by atoms with Gasteiger partial charge >= 0.3 is 0 Å². The lowest BCUT2D eigenvalue weighted by molar-refractivity contribution is -0.614. The van der Waals surface area contributed by atoms with E-state index in [2.05, 4.69) is 37.3 Å². The first-order chi connectivity index (χ1) is 8.25. The molecule has 2 heteroatoms. The molecule has 0 fully saturated rings.